The van der Waals surface area contributed by atoms with Gasteiger partial charge in [0.1, 0.15) is 0 Å². The Bertz CT molecular complexity index is 362. The Morgan fingerprint density at radius 2 is 1.44 bits per heavy atom. The molecule has 0 atom stereocenters. The smallest absolute Gasteiger partial charge is 0.200 e. The minimum Gasteiger partial charge on any atom is -0.504 e. The Labute approximate surface area is 108 Å². The molecule has 0 aromatic heterocycles. The molecule has 0 saturated carbocycles. The van der Waals surface area contributed by atoms with E-state index in [0.29, 0.717) is 0 Å². The van der Waals surface area contributed by atoms with Crippen LogP contribution in [0.25, 0.3) is 0 Å². The van der Waals surface area contributed by atoms with Crippen molar-refractivity contribution in [3.63, 3.8) is 0 Å². The zero-order chi connectivity index (χ0) is 13.4. The maximum Gasteiger partial charge on any atom is 0.200 e. The molecular formula is C15H22O3. The Kier molecular flexibility index (Phi) is 6.12. The largest absolute Gasteiger partial charge is 0.504 e. The van der Waals surface area contributed by atoms with Crippen molar-refractivity contribution in [2.75, 3.05) is 0 Å². The van der Waals surface area contributed by atoms with E-state index in [-0.39, 0.29) is 11.5 Å². The molecule has 0 amide bonds. The van der Waals surface area contributed by atoms with Crippen LogP contribution in [-0.4, -0.2) is 15.3 Å². The Morgan fingerprint density at radius 1 is 0.889 bits per heavy atom. The third-order valence-electron chi connectivity index (χ3n) is 3.00. The van der Waals surface area contributed by atoms with E-state index in [9.17, 15) is 15.3 Å². The van der Waals surface area contributed by atoms with Gasteiger partial charge in [0.2, 0.25) is 0 Å². The average molecular weight is 250 g/mol. The lowest BCUT2D eigenvalue weighted by Gasteiger charge is -2.06. The highest BCUT2D eigenvalue weighted by Crippen LogP contribution is 2.35. The standard InChI is InChI=1S/C15H22O3/c1-2-3-4-5-6-7-8-9-12-10-13(16)15(18)14(17)11-12/h2,10-11,16-18H,1,3-9H2. The molecule has 0 spiro atoms. The zero-order valence-electron chi connectivity index (χ0n) is 10.7. The van der Waals surface area contributed by atoms with Gasteiger partial charge < -0.3 is 15.3 Å². The van der Waals surface area contributed by atoms with E-state index in [1.54, 1.807) is 0 Å². The van der Waals surface area contributed by atoms with Gasteiger partial charge in [-0.3, -0.25) is 0 Å². The Balaban J connectivity index is 2.25. The van der Waals surface area contributed by atoms with Gasteiger partial charge in [0, 0.05) is 0 Å². The van der Waals surface area contributed by atoms with Crippen molar-refractivity contribution in [2.24, 2.45) is 0 Å². The van der Waals surface area contributed by atoms with E-state index < -0.39 is 5.75 Å². The van der Waals surface area contributed by atoms with E-state index in [2.05, 4.69) is 6.58 Å². The molecule has 1 aromatic rings. The number of hydrogen-bond donors (Lipinski definition) is 3. The molecule has 0 aliphatic rings. The van der Waals surface area contributed by atoms with Gasteiger partial charge in [-0.25, -0.2) is 0 Å². The van der Waals surface area contributed by atoms with Crippen LogP contribution in [0.4, 0.5) is 0 Å². The van der Waals surface area contributed by atoms with E-state index in [1.165, 1.54) is 31.4 Å². The summed E-state index contributed by atoms with van der Waals surface area (Å²) in [6.45, 7) is 3.69. The van der Waals surface area contributed by atoms with Crippen LogP contribution in [0, 0.1) is 0 Å². The lowest BCUT2D eigenvalue weighted by Crippen LogP contribution is -1.87. The van der Waals surface area contributed by atoms with Gasteiger partial charge in [-0.05, 0) is 43.4 Å². The molecule has 0 heterocycles. The van der Waals surface area contributed by atoms with Crippen molar-refractivity contribution >= 4 is 0 Å². The van der Waals surface area contributed by atoms with Gasteiger partial charge in [-0.2, -0.15) is 0 Å². The van der Waals surface area contributed by atoms with Crippen LogP contribution in [0.2, 0.25) is 0 Å². The van der Waals surface area contributed by atoms with Gasteiger partial charge in [0.15, 0.2) is 17.2 Å². The highest BCUT2D eigenvalue weighted by molar-refractivity contribution is 5.51. The number of phenolic OH excluding ortho intramolecular Hbond substituents is 3. The van der Waals surface area contributed by atoms with Crippen molar-refractivity contribution in [3.8, 4) is 17.2 Å². The maximum atomic E-state index is 9.36. The third kappa shape index (κ3) is 4.70. The molecule has 3 N–H and O–H groups in total. The monoisotopic (exact) mass is 250 g/mol. The van der Waals surface area contributed by atoms with Gasteiger partial charge >= 0.3 is 0 Å². The first kappa shape index (κ1) is 14.4. The fourth-order valence-corrected chi connectivity index (χ4v) is 1.95. The molecule has 100 valence electrons. The summed E-state index contributed by atoms with van der Waals surface area (Å²) in [4.78, 5) is 0. The van der Waals surface area contributed by atoms with E-state index in [0.717, 1.165) is 31.2 Å². The van der Waals surface area contributed by atoms with Gasteiger partial charge in [0.25, 0.3) is 0 Å². The second kappa shape index (κ2) is 7.64. The predicted octanol–water partition coefficient (Wildman–Crippen LogP) is 3.87. The number of aromatic hydroxyl groups is 3. The number of phenols is 3. The maximum absolute atomic E-state index is 9.36. The van der Waals surface area contributed by atoms with E-state index in [1.807, 2.05) is 6.08 Å². The van der Waals surface area contributed by atoms with Gasteiger partial charge in [0.05, 0.1) is 0 Å². The third-order valence-corrected chi connectivity index (χ3v) is 3.00. The van der Waals surface area contributed by atoms with Crippen LogP contribution < -0.4 is 0 Å². The summed E-state index contributed by atoms with van der Waals surface area (Å²) >= 11 is 0. The number of allylic oxidation sites excluding steroid dienone is 1. The minimum absolute atomic E-state index is 0.254. The molecule has 0 aliphatic carbocycles. The predicted molar refractivity (Wildman–Crippen MR) is 73.0 cm³/mol. The lowest BCUT2D eigenvalue weighted by molar-refractivity contribution is 0.367. The normalized spacial score (nSPS) is 10.4. The molecule has 0 fully saturated rings. The molecule has 3 heteroatoms. The van der Waals surface area contributed by atoms with Crippen LogP contribution in [-0.2, 0) is 6.42 Å². The van der Waals surface area contributed by atoms with Gasteiger partial charge in [-0.15, -0.1) is 6.58 Å². The lowest BCUT2D eigenvalue weighted by atomic mass is 10.0. The topological polar surface area (TPSA) is 60.7 Å². The zero-order valence-corrected chi connectivity index (χ0v) is 10.7. The number of rotatable bonds is 8. The SMILES string of the molecule is C=CCCCCCCCc1cc(O)c(O)c(O)c1. The second-order valence-corrected chi connectivity index (χ2v) is 4.58. The summed E-state index contributed by atoms with van der Waals surface area (Å²) in [5.74, 6) is -0.949. The molecule has 1 aromatic carbocycles. The van der Waals surface area contributed by atoms with Crippen LogP contribution in [0.15, 0.2) is 24.8 Å². The van der Waals surface area contributed by atoms with Crippen molar-refractivity contribution in [1.29, 1.82) is 0 Å². The molecular weight excluding hydrogens is 228 g/mol. The fraction of sp³-hybridized carbons (Fsp3) is 0.467. The fourth-order valence-electron chi connectivity index (χ4n) is 1.95. The first-order chi connectivity index (χ1) is 8.65. The molecule has 3 nitrogen and oxygen atoms in total. The highest BCUT2D eigenvalue weighted by atomic mass is 16.3. The highest BCUT2D eigenvalue weighted by Gasteiger charge is 2.07. The second-order valence-electron chi connectivity index (χ2n) is 4.58. The average Bonchev–Trinajstić information content (AvgIpc) is 2.34. The summed E-state index contributed by atoms with van der Waals surface area (Å²) < 4.78 is 0. The van der Waals surface area contributed by atoms with Crippen LogP contribution in [0.1, 0.15) is 44.1 Å². The molecule has 0 unspecified atom stereocenters. The van der Waals surface area contributed by atoms with Crippen molar-refractivity contribution < 1.29 is 15.3 Å². The quantitative estimate of drug-likeness (QED) is 0.373. The van der Waals surface area contributed by atoms with Crippen molar-refractivity contribution in [1.82, 2.24) is 0 Å². The number of aryl methyl sites for hydroxylation is 1. The number of unbranched alkanes of at least 4 members (excludes halogenated alkanes) is 5. The van der Waals surface area contributed by atoms with E-state index >= 15 is 0 Å². The summed E-state index contributed by atoms with van der Waals surface area (Å²) in [5, 5.41) is 27.9. The summed E-state index contributed by atoms with van der Waals surface area (Å²) in [6.07, 6.45) is 9.62. The summed E-state index contributed by atoms with van der Waals surface area (Å²) in [6, 6.07) is 3.01. The number of hydrogen-bond acceptors (Lipinski definition) is 3. The summed E-state index contributed by atoms with van der Waals surface area (Å²) in [7, 11) is 0. The van der Waals surface area contributed by atoms with Crippen LogP contribution >= 0.6 is 0 Å². The Hall–Kier alpha value is -1.64. The molecule has 1 rings (SSSR count). The minimum atomic E-state index is -0.442. The van der Waals surface area contributed by atoms with Crippen LogP contribution in [0.5, 0.6) is 17.2 Å². The first-order valence-electron chi connectivity index (χ1n) is 6.50. The number of benzene rings is 1. The molecule has 0 radical (unpaired) electrons. The van der Waals surface area contributed by atoms with E-state index in [4.69, 9.17) is 0 Å². The van der Waals surface area contributed by atoms with Crippen molar-refractivity contribution in [3.05, 3.63) is 30.4 Å². The molecule has 0 aliphatic heterocycles. The summed E-state index contributed by atoms with van der Waals surface area (Å²) in [5.41, 5.74) is 0.855. The Morgan fingerprint density at radius 3 is 2.06 bits per heavy atom. The van der Waals surface area contributed by atoms with Gasteiger partial charge in [-0.1, -0.05) is 25.3 Å². The van der Waals surface area contributed by atoms with Crippen LogP contribution in [0.3, 0.4) is 0 Å². The van der Waals surface area contributed by atoms with Crippen molar-refractivity contribution in [2.45, 2.75) is 44.9 Å². The molecule has 0 bridgehead atoms. The first-order valence-corrected chi connectivity index (χ1v) is 6.50. The molecule has 0 saturated heterocycles. The molecule has 18 heavy (non-hydrogen) atoms.